The molecule has 0 aromatic carbocycles. The van der Waals surface area contributed by atoms with Gasteiger partial charge in [-0.25, -0.2) is 4.98 Å². The third kappa shape index (κ3) is 2.65. The number of rotatable bonds is 3. The zero-order valence-electron chi connectivity index (χ0n) is 12.4. The van der Waals surface area contributed by atoms with Gasteiger partial charge < -0.3 is 9.30 Å². The molecule has 0 N–H and O–H groups in total. The topological polar surface area (TPSA) is 30.3 Å². The smallest absolute Gasteiger partial charge is 0.0949 e. The molecule has 2 aliphatic rings. The van der Waals surface area contributed by atoms with Crippen LogP contribution >= 0.6 is 11.3 Å². The molecule has 4 nitrogen and oxygen atoms in total. The lowest BCUT2D eigenvalue weighted by atomic mass is 9.97. The van der Waals surface area contributed by atoms with Crippen molar-refractivity contribution in [1.29, 1.82) is 0 Å². The van der Waals surface area contributed by atoms with E-state index < -0.39 is 0 Å². The first-order valence-corrected chi connectivity index (χ1v) is 8.43. The highest BCUT2D eigenvalue weighted by atomic mass is 32.1. The van der Waals surface area contributed by atoms with E-state index in [9.17, 15) is 0 Å². The molecule has 0 aliphatic carbocycles. The Hall–Kier alpha value is -1.17. The monoisotopic (exact) mass is 303 g/mol. The molecule has 112 valence electrons. The SMILES string of the molecule is Cc1ccc(CN2CC[C@]3(C[C@H](n4ccnc4)CO3)C2)s1. The molecule has 0 bridgehead atoms. The zero-order valence-corrected chi connectivity index (χ0v) is 13.2. The van der Waals surface area contributed by atoms with Crippen molar-refractivity contribution in [2.75, 3.05) is 19.7 Å². The molecule has 0 unspecified atom stereocenters. The van der Waals surface area contributed by atoms with Gasteiger partial charge in [-0.2, -0.15) is 0 Å². The van der Waals surface area contributed by atoms with Crippen molar-refractivity contribution in [3.8, 4) is 0 Å². The van der Waals surface area contributed by atoms with Gasteiger partial charge in [0, 0.05) is 48.2 Å². The minimum Gasteiger partial charge on any atom is -0.371 e. The summed E-state index contributed by atoms with van der Waals surface area (Å²) in [7, 11) is 0. The first-order valence-electron chi connectivity index (χ1n) is 7.62. The fourth-order valence-corrected chi connectivity index (χ4v) is 4.57. The van der Waals surface area contributed by atoms with Crippen molar-refractivity contribution in [2.45, 2.75) is 38.0 Å². The minimum atomic E-state index is 0.0707. The third-order valence-corrected chi connectivity index (χ3v) is 5.69. The summed E-state index contributed by atoms with van der Waals surface area (Å²) in [5.41, 5.74) is 0.0707. The molecule has 21 heavy (non-hydrogen) atoms. The van der Waals surface area contributed by atoms with Gasteiger partial charge in [0.25, 0.3) is 0 Å². The second kappa shape index (κ2) is 5.23. The van der Waals surface area contributed by atoms with Crippen LogP contribution < -0.4 is 0 Å². The van der Waals surface area contributed by atoms with Crippen LogP contribution in [0.4, 0.5) is 0 Å². The maximum atomic E-state index is 6.22. The number of hydrogen-bond donors (Lipinski definition) is 0. The highest BCUT2D eigenvalue weighted by Crippen LogP contribution is 2.40. The summed E-state index contributed by atoms with van der Waals surface area (Å²) >= 11 is 1.91. The molecular weight excluding hydrogens is 282 g/mol. The average Bonchev–Trinajstić information content (AvgIpc) is 3.21. The Balaban J connectivity index is 1.40. The van der Waals surface area contributed by atoms with Crippen molar-refractivity contribution in [3.05, 3.63) is 40.6 Å². The molecule has 4 rings (SSSR count). The molecule has 2 saturated heterocycles. The molecule has 2 aliphatic heterocycles. The van der Waals surface area contributed by atoms with E-state index in [1.807, 2.05) is 30.1 Å². The second-order valence-electron chi connectivity index (χ2n) is 6.33. The third-order valence-electron chi connectivity index (χ3n) is 4.71. The summed E-state index contributed by atoms with van der Waals surface area (Å²) in [6.45, 7) is 6.28. The average molecular weight is 303 g/mol. The van der Waals surface area contributed by atoms with E-state index in [2.05, 4.69) is 33.5 Å². The molecule has 2 aromatic rings. The number of ether oxygens (including phenoxy) is 1. The largest absolute Gasteiger partial charge is 0.371 e. The van der Waals surface area contributed by atoms with E-state index in [1.54, 1.807) is 0 Å². The van der Waals surface area contributed by atoms with E-state index in [-0.39, 0.29) is 5.60 Å². The van der Waals surface area contributed by atoms with Gasteiger partial charge in [0.05, 0.1) is 24.6 Å². The summed E-state index contributed by atoms with van der Waals surface area (Å²) in [6.07, 6.45) is 8.08. The fraction of sp³-hybridized carbons (Fsp3) is 0.562. The van der Waals surface area contributed by atoms with Crippen LogP contribution in [0.3, 0.4) is 0 Å². The second-order valence-corrected chi connectivity index (χ2v) is 7.71. The lowest BCUT2D eigenvalue weighted by molar-refractivity contribution is 0.0113. The van der Waals surface area contributed by atoms with Gasteiger partial charge in [-0.15, -0.1) is 11.3 Å². The molecule has 2 atom stereocenters. The Morgan fingerprint density at radius 3 is 3.19 bits per heavy atom. The van der Waals surface area contributed by atoms with E-state index in [0.29, 0.717) is 6.04 Å². The van der Waals surface area contributed by atoms with Crippen LogP contribution in [0.25, 0.3) is 0 Å². The van der Waals surface area contributed by atoms with Gasteiger partial charge >= 0.3 is 0 Å². The zero-order chi connectivity index (χ0) is 14.3. The van der Waals surface area contributed by atoms with Gasteiger partial charge in [-0.1, -0.05) is 0 Å². The maximum Gasteiger partial charge on any atom is 0.0949 e. The minimum absolute atomic E-state index is 0.0707. The quantitative estimate of drug-likeness (QED) is 0.873. The van der Waals surface area contributed by atoms with Gasteiger partial charge in [0.2, 0.25) is 0 Å². The highest BCUT2D eigenvalue weighted by Gasteiger charge is 2.45. The van der Waals surface area contributed by atoms with Crippen LogP contribution in [0.5, 0.6) is 0 Å². The summed E-state index contributed by atoms with van der Waals surface area (Å²) in [5, 5.41) is 0. The molecule has 1 spiro atoms. The molecule has 2 fully saturated rings. The number of imidazole rings is 1. The molecule has 0 saturated carbocycles. The standard InChI is InChI=1S/C16H21N3OS/c1-13-2-3-15(21-13)9-18-6-4-16(11-18)8-14(10-20-16)19-7-5-17-12-19/h2-3,5,7,12,14H,4,6,8-11H2,1H3/t14-,16-/m0/s1. The lowest BCUT2D eigenvalue weighted by Crippen LogP contribution is -2.32. The highest BCUT2D eigenvalue weighted by molar-refractivity contribution is 7.11. The Bertz CT molecular complexity index is 609. The molecule has 2 aromatic heterocycles. The van der Waals surface area contributed by atoms with Crippen molar-refractivity contribution < 1.29 is 4.74 Å². The Morgan fingerprint density at radius 1 is 1.48 bits per heavy atom. The predicted molar refractivity (Wildman–Crippen MR) is 83.5 cm³/mol. The summed E-state index contributed by atoms with van der Waals surface area (Å²) in [4.78, 5) is 9.56. The molecule has 4 heterocycles. The number of hydrogen-bond acceptors (Lipinski definition) is 4. The Morgan fingerprint density at radius 2 is 2.43 bits per heavy atom. The van der Waals surface area contributed by atoms with E-state index >= 15 is 0 Å². The van der Waals surface area contributed by atoms with Crippen molar-refractivity contribution >= 4 is 11.3 Å². The fourth-order valence-electron chi connectivity index (χ4n) is 3.63. The van der Waals surface area contributed by atoms with E-state index in [1.165, 1.54) is 9.75 Å². The lowest BCUT2D eigenvalue weighted by Gasteiger charge is -2.23. The van der Waals surface area contributed by atoms with Crippen LogP contribution in [0.2, 0.25) is 0 Å². The first-order chi connectivity index (χ1) is 10.2. The Kier molecular flexibility index (Phi) is 3.36. The Labute approximate surface area is 129 Å². The van der Waals surface area contributed by atoms with Gasteiger partial charge in [0.15, 0.2) is 0 Å². The number of nitrogens with zero attached hydrogens (tertiary/aromatic N) is 3. The van der Waals surface area contributed by atoms with Crippen LogP contribution in [0.1, 0.15) is 28.6 Å². The first kappa shape index (κ1) is 13.5. The van der Waals surface area contributed by atoms with Gasteiger partial charge in [0.1, 0.15) is 0 Å². The van der Waals surface area contributed by atoms with Crippen molar-refractivity contribution in [1.82, 2.24) is 14.5 Å². The number of likely N-dealkylation sites (tertiary alicyclic amines) is 1. The molecular formula is C16H21N3OS. The molecule has 0 amide bonds. The molecule has 0 radical (unpaired) electrons. The van der Waals surface area contributed by atoms with Crippen LogP contribution in [-0.2, 0) is 11.3 Å². The number of thiophene rings is 1. The number of aryl methyl sites for hydroxylation is 1. The maximum absolute atomic E-state index is 6.22. The van der Waals surface area contributed by atoms with E-state index in [0.717, 1.165) is 39.1 Å². The predicted octanol–water partition coefficient (Wildman–Crippen LogP) is 2.86. The van der Waals surface area contributed by atoms with Crippen molar-refractivity contribution in [3.63, 3.8) is 0 Å². The van der Waals surface area contributed by atoms with Crippen LogP contribution in [-0.4, -0.2) is 39.7 Å². The van der Waals surface area contributed by atoms with E-state index in [4.69, 9.17) is 4.74 Å². The normalized spacial score (nSPS) is 29.7. The summed E-state index contributed by atoms with van der Waals surface area (Å²) < 4.78 is 8.42. The summed E-state index contributed by atoms with van der Waals surface area (Å²) in [5.74, 6) is 0. The van der Waals surface area contributed by atoms with Crippen molar-refractivity contribution in [2.24, 2.45) is 0 Å². The van der Waals surface area contributed by atoms with Gasteiger partial charge in [-0.05, 0) is 25.5 Å². The summed E-state index contributed by atoms with van der Waals surface area (Å²) in [6, 6.07) is 4.93. The van der Waals surface area contributed by atoms with Gasteiger partial charge in [-0.3, -0.25) is 4.90 Å². The van der Waals surface area contributed by atoms with Crippen LogP contribution in [0.15, 0.2) is 30.9 Å². The number of aromatic nitrogens is 2. The molecule has 5 heteroatoms. The van der Waals surface area contributed by atoms with Crippen LogP contribution in [0, 0.1) is 6.92 Å².